The zero-order valence-corrected chi connectivity index (χ0v) is 23.2. The minimum Gasteiger partial charge on any atom is -0.436 e. The maximum absolute atomic E-state index is 13.3. The van der Waals surface area contributed by atoms with Gasteiger partial charge >= 0.3 is 6.09 Å². The van der Waals surface area contributed by atoms with Gasteiger partial charge in [0.2, 0.25) is 5.91 Å². The molecule has 2 aromatic carbocycles. The summed E-state index contributed by atoms with van der Waals surface area (Å²) in [5, 5.41) is 16.8. The molecule has 9 heteroatoms. The maximum Gasteiger partial charge on any atom is 0.412 e. The van der Waals surface area contributed by atoms with Gasteiger partial charge in [0.25, 0.3) is 5.91 Å². The molecule has 0 radical (unpaired) electrons. The summed E-state index contributed by atoms with van der Waals surface area (Å²) in [6, 6.07) is 18.3. The third-order valence-corrected chi connectivity index (χ3v) is 7.06. The number of carbonyl (C=O) groups is 3. The summed E-state index contributed by atoms with van der Waals surface area (Å²) < 4.78 is 5.52. The number of aryl methyl sites for hydroxylation is 1. The lowest BCUT2D eigenvalue weighted by Gasteiger charge is -2.35. The second-order valence-electron chi connectivity index (χ2n) is 10.4. The van der Waals surface area contributed by atoms with Crippen LogP contribution >= 0.6 is 0 Å². The monoisotopic (exact) mass is 538 g/mol. The Morgan fingerprint density at radius 3 is 2.13 bits per heavy atom. The number of anilines is 1. The summed E-state index contributed by atoms with van der Waals surface area (Å²) in [4.78, 5) is 41.5. The van der Waals surface area contributed by atoms with E-state index >= 15 is 0 Å². The molecule has 39 heavy (non-hydrogen) atoms. The van der Waals surface area contributed by atoms with Gasteiger partial charge < -0.3 is 20.1 Å². The van der Waals surface area contributed by atoms with E-state index in [1.165, 1.54) is 0 Å². The molecule has 0 aromatic heterocycles. The Bertz CT molecular complexity index is 1040. The molecule has 0 saturated carbocycles. The number of para-hydroxylation sites is 1. The summed E-state index contributed by atoms with van der Waals surface area (Å²) in [5.41, 5.74) is 1.69. The zero-order chi connectivity index (χ0) is 28.2. The normalized spacial score (nSPS) is 16.3. The predicted molar refractivity (Wildman–Crippen MR) is 151 cm³/mol. The number of benzene rings is 2. The molecular weight excluding hydrogens is 496 g/mol. The van der Waals surface area contributed by atoms with Gasteiger partial charge in [-0.05, 0) is 42.9 Å². The van der Waals surface area contributed by atoms with Gasteiger partial charge in [-0.25, -0.2) is 4.79 Å². The van der Waals surface area contributed by atoms with E-state index in [-0.39, 0.29) is 11.8 Å². The van der Waals surface area contributed by atoms with Crippen molar-refractivity contribution in [1.29, 1.82) is 0 Å². The molecule has 3 atom stereocenters. The molecule has 3 amide bonds. The van der Waals surface area contributed by atoms with Crippen LogP contribution in [0.1, 0.15) is 39.2 Å². The third-order valence-electron chi connectivity index (χ3n) is 7.06. The Balaban J connectivity index is 1.61. The molecule has 212 valence electrons. The van der Waals surface area contributed by atoms with Gasteiger partial charge in [0.15, 0.2) is 6.10 Å². The van der Waals surface area contributed by atoms with Crippen LogP contribution in [0, 0.1) is 5.92 Å². The highest BCUT2D eigenvalue weighted by atomic mass is 16.6. The number of amides is 3. The van der Waals surface area contributed by atoms with E-state index in [9.17, 15) is 19.5 Å². The molecule has 0 bridgehead atoms. The van der Waals surface area contributed by atoms with Crippen molar-refractivity contribution in [3.8, 4) is 0 Å². The second-order valence-corrected chi connectivity index (χ2v) is 10.4. The SMILES string of the molecule is CC(=O)N1CCN(CCC(O)[C@H](CCc2ccccc2)NC(=O)[C@@H](OC(=O)Nc2ccccc2)C(C)C)CC1. The summed E-state index contributed by atoms with van der Waals surface area (Å²) >= 11 is 0. The van der Waals surface area contributed by atoms with Crippen LogP contribution in [0.2, 0.25) is 0 Å². The topological polar surface area (TPSA) is 111 Å². The molecular formula is C30H42N4O5. The summed E-state index contributed by atoms with van der Waals surface area (Å²) in [5.74, 6) is -0.617. The fourth-order valence-corrected chi connectivity index (χ4v) is 4.67. The Morgan fingerprint density at radius 1 is 0.923 bits per heavy atom. The van der Waals surface area contributed by atoms with Crippen molar-refractivity contribution in [2.24, 2.45) is 5.92 Å². The minimum atomic E-state index is -1.01. The Labute approximate surface area is 231 Å². The Kier molecular flexibility index (Phi) is 11.8. The quantitative estimate of drug-likeness (QED) is 0.383. The van der Waals surface area contributed by atoms with Crippen LogP contribution in [-0.4, -0.2) is 83.8 Å². The highest BCUT2D eigenvalue weighted by Crippen LogP contribution is 2.15. The van der Waals surface area contributed by atoms with Crippen molar-refractivity contribution in [2.45, 2.75) is 58.3 Å². The van der Waals surface area contributed by atoms with Crippen LogP contribution in [0.4, 0.5) is 10.5 Å². The van der Waals surface area contributed by atoms with Crippen LogP contribution in [0.5, 0.6) is 0 Å². The fourth-order valence-electron chi connectivity index (χ4n) is 4.67. The average Bonchev–Trinajstić information content (AvgIpc) is 2.93. The van der Waals surface area contributed by atoms with Gasteiger partial charge in [-0.3, -0.25) is 19.8 Å². The number of aliphatic hydroxyl groups is 1. The van der Waals surface area contributed by atoms with Gasteiger partial charge in [0.1, 0.15) is 0 Å². The molecule has 2 aromatic rings. The van der Waals surface area contributed by atoms with Crippen LogP contribution < -0.4 is 10.6 Å². The molecule has 1 heterocycles. The van der Waals surface area contributed by atoms with E-state index in [0.717, 1.165) is 18.7 Å². The fraction of sp³-hybridized carbons (Fsp3) is 0.500. The molecule has 9 nitrogen and oxygen atoms in total. The standard InChI is InChI=1S/C30H42N4O5/c1-22(2)28(39-30(38)31-25-12-8-5-9-13-25)29(37)32-26(15-14-24-10-6-4-7-11-24)27(36)16-17-33-18-20-34(21-19-33)23(3)35/h4-13,22,26-28,36H,14-21H2,1-3H3,(H,31,38)(H,32,37)/t26-,27?,28-/m0/s1. The summed E-state index contributed by atoms with van der Waals surface area (Å²) in [6.07, 6.45) is -0.810. The molecule has 1 aliphatic rings. The van der Waals surface area contributed by atoms with Gasteiger partial charge in [-0.2, -0.15) is 0 Å². The first-order valence-corrected chi connectivity index (χ1v) is 13.8. The first kappa shape index (κ1) is 30.1. The highest BCUT2D eigenvalue weighted by molar-refractivity contribution is 5.89. The summed E-state index contributed by atoms with van der Waals surface area (Å²) in [7, 11) is 0. The lowest BCUT2D eigenvalue weighted by Crippen LogP contribution is -2.52. The van der Waals surface area contributed by atoms with Crippen LogP contribution in [0.15, 0.2) is 60.7 Å². The van der Waals surface area contributed by atoms with Crippen molar-refractivity contribution in [1.82, 2.24) is 15.1 Å². The first-order chi connectivity index (χ1) is 18.7. The molecule has 1 unspecified atom stereocenters. The lowest BCUT2D eigenvalue weighted by molar-refractivity contribution is -0.133. The smallest absolute Gasteiger partial charge is 0.412 e. The molecule has 0 spiro atoms. The van der Waals surface area contributed by atoms with Crippen molar-refractivity contribution in [3.63, 3.8) is 0 Å². The van der Waals surface area contributed by atoms with E-state index in [0.29, 0.717) is 44.6 Å². The molecule has 1 aliphatic heterocycles. The third kappa shape index (κ3) is 10.00. The molecule has 1 fully saturated rings. The van der Waals surface area contributed by atoms with E-state index in [1.54, 1.807) is 31.2 Å². The molecule has 0 aliphatic carbocycles. The number of carbonyl (C=O) groups excluding carboxylic acids is 3. The number of piperazine rings is 1. The average molecular weight is 539 g/mol. The molecule has 1 saturated heterocycles. The number of nitrogens with one attached hydrogen (secondary N) is 2. The predicted octanol–water partition coefficient (Wildman–Crippen LogP) is 3.29. The Morgan fingerprint density at radius 2 is 1.54 bits per heavy atom. The maximum atomic E-state index is 13.3. The Hall–Kier alpha value is -3.43. The van der Waals surface area contributed by atoms with E-state index in [2.05, 4.69) is 15.5 Å². The lowest BCUT2D eigenvalue weighted by atomic mass is 9.97. The van der Waals surface area contributed by atoms with E-state index in [1.807, 2.05) is 55.1 Å². The van der Waals surface area contributed by atoms with Crippen molar-refractivity contribution in [2.75, 3.05) is 38.0 Å². The summed E-state index contributed by atoms with van der Waals surface area (Å²) in [6.45, 7) is 8.75. The van der Waals surface area contributed by atoms with Crippen molar-refractivity contribution in [3.05, 3.63) is 66.2 Å². The largest absolute Gasteiger partial charge is 0.436 e. The number of aliphatic hydroxyl groups excluding tert-OH is 1. The van der Waals surface area contributed by atoms with Gasteiger partial charge in [-0.1, -0.05) is 62.4 Å². The number of rotatable bonds is 12. The second kappa shape index (κ2) is 15.2. The molecule has 3 N–H and O–H groups in total. The number of hydrogen-bond donors (Lipinski definition) is 3. The molecule has 3 rings (SSSR count). The number of ether oxygens (including phenoxy) is 1. The van der Waals surface area contributed by atoms with E-state index < -0.39 is 30.3 Å². The van der Waals surface area contributed by atoms with Gasteiger partial charge in [-0.15, -0.1) is 0 Å². The first-order valence-electron chi connectivity index (χ1n) is 13.8. The van der Waals surface area contributed by atoms with Gasteiger partial charge in [0, 0.05) is 45.3 Å². The number of nitrogens with zero attached hydrogens (tertiary/aromatic N) is 2. The van der Waals surface area contributed by atoms with E-state index in [4.69, 9.17) is 4.74 Å². The zero-order valence-electron chi connectivity index (χ0n) is 23.2. The van der Waals surface area contributed by atoms with Crippen LogP contribution in [-0.2, 0) is 20.7 Å². The number of hydrogen-bond acceptors (Lipinski definition) is 6. The van der Waals surface area contributed by atoms with Crippen molar-refractivity contribution < 1.29 is 24.2 Å². The highest BCUT2D eigenvalue weighted by Gasteiger charge is 2.31. The van der Waals surface area contributed by atoms with Crippen LogP contribution in [0.3, 0.4) is 0 Å². The minimum absolute atomic E-state index is 0.0812. The van der Waals surface area contributed by atoms with Crippen molar-refractivity contribution >= 4 is 23.6 Å². The van der Waals surface area contributed by atoms with Crippen LogP contribution in [0.25, 0.3) is 0 Å². The van der Waals surface area contributed by atoms with Gasteiger partial charge in [0.05, 0.1) is 12.1 Å².